The Morgan fingerprint density at radius 1 is 1.22 bits per heavy atom. The van der Waals surface area contributed by atoms with Crippen LogP contribution in [0.1, 0.15) is 31.2 Å². The number of amidine groups is 1. The molecule has 1 aromatic rings. The van der Waals surface area contributed by atoms with Gasteiger partial charge in [-0.15, -0.1) is 12.4 Å². The van der Waals surface area contributed by atoms with Gasteiger partial charge >= 0.3 is 0 Å². The molecule has 152 valence electrons. The molecule has 0 atom stereocenters. The van der Waals surface area contributed by atoms with Gasteiger partial charge in [0.1, 0.15) is 5.84 Å². The van der Waals surface area contributed by atoms with Crippen molar-refractivity contribution in [2.75, 3.05) is 19.6 Å². The first-order valence-corrected chi connectivity index (χ1v) is 9.75. The SMILES string of the molecule is Cl.NCC(F)(F)CNC(=O)CCCCCN=C1NS(=O)(=O)c2ccccc21. The Labute approximate surface area is 163 Å². The number of aliphatic imine (C=N–C) groups is 1. The summed E-state index contributed by atoms with van der Waals surface area (Å²) in [6.07, 6.45) is 2.01. The van der Waals surface area contributed by atoms with E-state index in [1.807, 2.05) is 0 Å². The molecule has 0 saturated heterocycles. The second-order valence-corrected chi connectivity index (χ2v) is 7.63. The molecule has 0 saturated carbocycles. The van der Waals surface area contributed by atoms with Gasteiger partial charge in [0.05, 0.1) is 18.0 Å². The number of carbonyl (C=O) groups is 1. The molecule has 0 aliphatic carbocycles. The number of alkyl halides is 2. The summed E-state index contributed by atoms with van der Waals surface area (Å²) >= 11 is 0. The van der Waals surface area contributed by atoms with Gasteiger partial charge < -0.3 is 11.1 Å². The van der Waals surface area contributed by atoms with E-state index in [1.165, 1.54) is 6.07 Å². The molecular formula is C16H23ClF2N4O3S. The summed E-state index contributed by atoms with van der Waals surface area (Å²) in [7, 11) is -3.54. The molecular weight excluding hydrogens is 402 g/mol. The van der Waals surface area contributed by atoms with Gasteiger partial charge in [-0.3, -0.25) is 14.5 Å². The second-order valence-electron chi connectivity index (χ2n) is 5.98. The molecule has 1 aliphatic rings. The molecule has 1 aliphatic heterocycles. The predicted octanol–water partition coefficient (Wildman–Crippen LogP) is 1.42. The Hall–Kier alpha value is -1.78. The van der Waals surface area contributed by atoms with Crippen molar-refractivity contribution in [3.05, 3.63) is 29.8 Å². The number of hydrogen-bond donors (Lipinski definition) is 3. The molecule has 0 fully saturated rings. The molecule has 0 radical (unpaired) electrons. The molecule has 1 heterocycles. The predicted molar refractivity (Wildman–Crippen MR) is 101 cm³/mol. The quantitative estimate of drug-likeness (QED) is 0.520. The van der Waals surface area contributed by atoms with Gasteiger partial charge in [-0.05, 0) is 25.0 Å². The Morgan fingerprint density at radius 2 is 1.93 bits per heavy atom. The van der Waals surface area contributed by atoms with Crippen LogP contribution in [-0.4, -0.2) is 45.7 Å². The standard InChI is InChI=1S/C16H22F2N4O3S.ClH/c17-16(18,10-19)11-21-14(23)8-2-1-5-9-20-15-12-6-3-4-7-13(12)26(24,25)22-15;/h3-4,6-7H,1-2,5,8-11,19H2,(H,20,22)(H,21,23);1H. The molecule has 11 heteroatoms. The van der Waals surface area contributed by atoms with Crippen LogP contribution < -0.4 is 15.8 Å². The summed E-state index contributed by atoms with van der Waals surface area (Å²) in [5.41, 5.74) is 5.44. The van der Waals surface area contributed by atoms with Gasteiger partial charge in [0, 0.05) is 18.5 Å². The normalized spacial score (nSPS) is 16.3. The smallest absolute Gasteiger partial charge is 0.277 e. The molecule has 7 nitrogen and oxygen atoms in total. The molecule has 2 rings (SSSR count). The highest BCUT2D eigenvalue weighted by atomic mass is 35.5. The van der Waals surface area contributed by atoms with Crippen molar-refractivity contribution in [3.8, 4) is 0 Å². The van der Waals surface area contributed by atoms with E-state index in [0.717, 1.165) is 0 Å². The number of fused-ring (bicyclic) bond motifs is 1. The zero-order chi connectivity index (χ0) is 19.2. The van der Waals surface area contributed by atoms with E-state index in [2.05, 4.69) is 15.0 Å². The van der Waals surface area contributed by atoms with Crippen LogP contribution in [-0.2, 0) is 14.8 Å². The number of nitrogens with zero attached hydrogens (tertiary/aromatic N) is 1. The van der Waals surface area contributed by atoms with Gasteiger partial charge in [0.2, 0.25) is 5.91 Å². The Bertz CT molecular complexity index is 788. The monoisotopic (exact) mass is 424 g/mol. The number of hydrogen-bond acceptors (Lipinski definition) is 5. The van der Waals surface area contributed by atoms with E-state index in [9.17, 15) is 22.0 Å². The van der Waals surface area contributed by atoms with Crippen LogP contribution in [0.15, 0.2) is 34.2 Å². The van der Waals surface area contributed by atoms with E-state index in [-0.39, 0.29) is 23.7 Å². The summed E-state index contributed by atoms with van der Waals surface area (Å²) in [6.45, 7) is -1.16. The van der Waals surface area contributed by atoms with Crippen LogP contribution in [0.2, 0.25) is 0 Å². The van der Waals surface area contributed by atoms with E-state index in [4.69, 9.17) is 5.73 Å². The van der Waals surface area contributed by atoms with Crippen molar-refractivity contribution in [2.24, 2.45) is 10.7 Å². The first-order chi connectivity index (χ1) is 12.2. The maximum Gasteiger partial charge on any atom is 0.277 e. The van der Waals surface area contributed by atoms with Crippen molar-refractivity contribution in [1.82, 2.24) is 10.0 Å². The molecule has 0 aromatic heterocycles. The third-order valence-corrected chi connectivity index (χ3v) is 5.23. The zero-order valence-electron chi connectivity index (χ0n) is 14.6. The topological polar surface area (TPSA) is 114 Å². The molecule has 1 amide bonds. The number of nitrogens with two attached hydrogens (primary N) is 1. The highest BCUT2D eigenvalue weighted by Crippen LogP contribution is 2.22. The minimum Gasteiger partial charge on any atom is -0.350 e. The van der Waals surface area contributed by atoms with E-state index in [0.29, 0.717) is 37.2 Å². The number of benzene rings is 1. The first kappa shape index (κ1) is 23.3. The van der Waals surface area contributed by atoms with Crippen molar-refractivity contribution < 1.29 is 22.0 Å². The average Bonchev–Trinajstić information content (AvgIpc) is 2.87. The molecule has 27 heavy (non-hydrogen) atoms. The van der Waals surface area contributed by atoms with Crippen molar-refractivity contribution in [1.29, 1.82) is 0 Å². The summed E-state index contributed by atoms with van der Waals surface area (Å²) < 4.78 is 52.1. The lowest BCUT2D eigenvalue weighted by Gasteiger charge is -2.14. The Kier molecular flexibility index (Phi) is 8.58. The number of sulfonamides is 1. The lowest BCUT2D eigenvalue weighted by atomic mass is 10.2. The van der Waals surface area contributed by atoms with Crippen molar-refractivity contribution in [3.63, 3.8) is 0 Å². The maximum atomic E-state index is 12.9. The third kappa shape index (κ3) is 6.71. The number of halogens is 3. The van der Waals surface area contributed by atoms with Crippen LogP contribution in [0, 0.1) is 0 Å². The molecule has 1 aromatic carbocycles. The highest BCUT2D eigenvalue weighted by molar-refractivity contribution is 7.90. The number of unbranched alkanes of at least 4 members (excludes halogenated alkanes) is 2. The van der Waals surface area contributed by atoms with Crippen LogP contribution in [0.5, 0.6) is 0 Å². The van der Waals surface area contributed by atoms with Gasteiger partial charge in [0.25, 0.3) is 15.9 Å². The molecule has 4 N–H and O–H groups in total. The minimum absolute atomic E-state index is 0. The largest absolute Gasteiger partial charge is 0.350 e. The fourth-order valence-corrected chi connectivity index (χ4v) is 3.66. The van der Waals surface area contributed by atoms with E-state index >= 15 is 0 Å². The van der Waals surface area contributed by atoms with Crippen molar-refractivity contribution >= 4 is 34.2 Å². The van der Waals surface area contributed by atoms with Gasteiger partial charge in [-0.2, -0.15) is 0 Å². The molecule has 0 bridgehead atoms. The summed E-state index contributed by atoms with van der Waals surface area (Å²) in [5, 5.41) is 2.16. The lowest BCUT2D eigenvalue weighted by Crippen LogP contribution is -2.41. The number of rotatable bonds is 9. The van der Waals surface area contributed by atoms with Crippen LogP contribution in [0.4, 0.5) is 8.78 Å². The first-order valence-electron chi connectivity index (χ1n) is 8.26. The van der Waals surface area contributed by atoms with Gasteiger partial charge in [0.15, 0.2) is 0 Å². The fraction of sp³-hybridized carbons (Fsp3) is 0.500. The van der Waals surface area contributed by atoms with Crippen LogP contribution in [0.25, 0.3) is 0 Å². The van der Waals surface area contributed by atoms with Crippen LogP contribution in [0.3, 0.4) is 0 Å². The average molecular weight is 425 g/mol. The van der Waals surface area contributed by atoms with Gasteiger partial charge in [-0.1, -0.05) is 18.6 Å². The number of nitrogens with one attached hydrogen (secondary N) is 2. The highest BCUT2D eigenvalue weighted by Gasteiger charge is 2.30. The Balaban J connectivity index is 0.00000364. The summed E-state index contributed by atoms with van der Waals surface area (Å²) in [4.78, 5) is 15.9. The maximum absolute atomic E-state index is 12.9. The van der Waals surface area contributed by atoms with E-state index < -0.39 is 34.9 Å². The third-order valence-electron chi connectivity index (χ3n) is 3.84. The molecule has 0 spiro atoms. The van der Waals surface area contributed by atoms with Crippen LogP contribution >= 0.6 is 12.4 Å². The minimum atomic E-state index is -3.54. The Morgan fingerprint density at radius 3 is 2.63 bits per heavy atom. The summed E-state index contributed by atoms with van der Waals surface area (Å²) in [6, 6.07) is 6.60. The second kappa shape index (κ2) is 9.95. The van der Waals surface area contributed by atoms with Gasteiger partial charge in [-0.25, -0.2) is 17.2 Å². The fourth-order valence-electron chi connectivity index (χ4n) is 2.40. The number of carbonyl (C=O) groups excluding carboxylic acids is 1. The lowest BCUT2D eigenvalue weighted by molar-refractivity contribution is -0.123. The summed E-state index contributed by atoms with van der Waals surface area (Å²) in [5.74, 6) is -3.21. The zero-order valence-corrected chi connectivity index (χ0v) is 16.2. The number of amides is 1. The van der Waals surface area contributed by atoms with E-state index in [1.54, 1.807) is 18.2 Å². The van der Waals surface area contributed by atoms with Crippen molar-refractivity contribution in [2.45, 2.75) is 36.5 Å². The molecule has 0 unspecified atom stereocenters.